The number of aromatic nitrogens is 1. The summed E-state index contributed by atoms with van der Waals surface area (Å²) >= 11 is 1.36. The van der Waals surface area contributed by atoms with Crippen molar-refractivity contribution in [3.8, 4) is 5.75 Å². The van der Waals surface area contributed by atoms with Gasteiger partial charge in [0, 0.05) is 17.2 Å². The molecule has 108 valence electrons. The van der Waals surface area contributed by atoms with E-state index in [1.54, 1.807) is 0 Å². The number of amides is 1. The summed E-state index contributed by atoms with van der Waals surface area (Å²) in [5.41, 5.74) is 9.92. The van der Waals surface area contributed by atoms with Gasteiger partial charge in [-0.3, -0.25) is 4.79 Å². The quantitative estimate of drug-likeness (QED) is 0.502. The van der Waals surface area contributed by atoms with Crippen LogP contribution in [-0.4, -0.2) is 10.9 Å². The second-order valence-electron chi connectivity index (χ2n) is 4.15. The second-order valence-corrected chi connectivity index (χ2v) is 5.00. The van der Waals surface area contributed by atoms with Crippen LogP contribution in [0.15, 0.2) is 34.8 Å². The van der Waals surface area contributed by atoms with Crippen LogP contribution in [0.3, 0.4) is 0 Å². The number of carbonyl (C=O) groups is 1. The molecule has 0 fully saturated rings. The number of ether oxygens (including phenoxy) is 1. The first kappa shape index (κ1) is 14.8. The summed E-state index contributed by atoms with van der Waals surface area (Å²) in [5.74, 6) is 0.557. The van der Waals surface area contributed by atoms with Gasteiger partial charge >= 0.3 is 0 Å². The average molecular weight is 303 g/mol. The highest BCUT2D eigenvalue weighted by atomic mass is 32.1. The number of anilines is 1. The third-order valence-corrected chi connectivity index (χ3v) is 3.27. The molecule has 0 aliphatic heterocycles. The minimum Gasteiger partial charge on any atom is -0.487 e. The maximum Gasteiger partial charge on any atom is 0.223 e. The number of nitrogens with zero attached hydrogens (tertiary/aromatic N) is 4. The Kier molecular flexibility index (Phi) is 5.14. The number of hydrogen-bond acceptors (Lipinski definition) is 5. The molecule has 1 aromatic carbocycles. The summed E-state index contributed by atoms with van der Waals surface area (Å²) in [7, 11) is 0. The van der Waals surface area contributed by atoms with E-state index in [2.05, 4.69) is 20.3 Å². The third-order valence-electron chi connectivity index (χ3n) is 2.46. The molecule has 2 aromatic rings. The molecule has 0 unspecified atom stereocenters. The highest BCUT2D eigenvalue weighted by molar-refractivity contribution is 7.13. The van der Waals surface area contributed by atoms with Crippen molar-refractivity contribution in [3.63, 3.8) is 0 Å². The number of carbonyl (C=O) groups excluding carboxylic acids is 1. The van der Waals surface area contributed by atoms with Crippen molar-refractivity contribution >= 4 is 22.4 Å². The molecule has 1 heterocycles. The minimum atomic E-state index is -0.146. The van der Waals surface area contributed by atoms with Crippen molar-refractivity contribution in [1.29, 1.82) is 0 Å². The van der Waals surface area contributed by atoms with E-state index in [0.29, 0.717) is 24.0 Å². The minimum absolute atomic E-state index is 0.146. The Hall–Kier alpha value is -2.57. The Balaban J connectivity index is 1.89. The molecular formula is C13H13N5O2S. The van der Waals surface area contributed by atoms with E-state index in [-0.39, 0.29) is 5.91 Å². The zero-order valence-corrected chi connectivity index (χ0v) is 12.1. The predicted molar refractivity (Wildman–Crippen MR) is 80.0 cm³/mol. The van der Waals surface area contributed by atoms with Crippen molar-refractivity contribution in [1.82, 2.24) is 4.98 Å². The smallest absolute Gasteiger partial charge is 0.223 e. The number of rotatable bonds is 6. The van der Waals surface area contributed by atoms with Crippen LogP contribution < -0.4 is 10.1 Å². The van der Waals surface area contributed by atoms with Crippen molar-refractivity contribution < 1.29 is 9.53 Å². The molecule has 8 heteroatoms. The lowest BCUT2D eigenvalue weighted by molar-refractivity contribution is -0.114. The molecule has 7 nitrogen and oxygen atoms in total. The van der Waals surface area contributed by atoms with Crippen LogP contribution in [0.2, 0.25) is 0 Å². The molecular weight excluding hydrogens is 290 g/mol. The van der Waals surface area contributed by atoms with E-state index >= 15 is 0 Å². The van der Waals surface area contributed by atoms with Crippen molar-refractivity contribution in [2.45, 2.75) is 20.1 Å². The molecule has 0 atom stereocenters. The first-order chi connectivity index (χ1) is 10.2. The lowest BCUT2D eigenvalue weighted by atomic mass is 10.2. The number of thiazole rings is 1. The van der Waals surface area contributed by atoms with E-state index in [1.165, 1.54) is 18.3 Å². The molecule has 21 heavy (non-hydrogen) atoms. The topological polar surface area (TPSA) is 100.0 Å². The molecule has 1 amide bonds. The molecule has 1 N–H and O–H groups in total. The second kappa shape index (κ2) is 7.28. The van der Waals surface area contributed by atoms with Crippen molar-refractivity contribution in [3.05, 3.63) is 51.3 Å². The van der Waals surface area contributed by atoms with Gasteiger partial charge in [0.15, 0.2) is 5.13 Å². The Labute approximate surface area is 125 Å². The van der Waals surface area contributed by atoms with Crippen LogP contribution in [0.4, 0.5) is 5.13 Å². The molecule has 0 saturated carbocycles. The SMILES string of the molecule is CC(=O)Nc1nc(COc2ccc(CN=[N+]=[N-])cc2)cs1. The summed E-state index contributed by atoms with van der Waals surface area (Å²) in [5, 5.41) is 8.51. The molecule has 0 saturated heterocycles. The van der Waals surface area contributed by atoms with Gasteiger partial charge in [0.2, 0.25) is 5.91 Å². The summed E-state index contributed by atoms with van der Waals surface area (Å²) in [4.78, 5) is 17.8. The van der Waals surface area contributed by atoms with Crippen LogP contribution in [0, 0.1) is 0 Å². The fourth-order valence-electron chi connectivity index (χ4n) is 1.54. The van der Waals surface area contributed by atoms with Crippen LogP contribution >= 0.6 is 11.3 Å². The molecule has 2 rings (SSSR count). The first-order valence-corrected chi connectivity index (χ1v) is 7.00. The number of nitrogens with one attached hydrogen (secondary N) is 1. The third kappa shape index (κ3) is 4.79. The summed E-state index contributed by atoms with van der Waals surface area (Å²) in [6.45, 7) is 2.09. The van der Waals surface area contributed by atoms with Gasteiger partial charge < -0.3 is 10.1 Å². The van der Waals surface area contributed by atoms with Gasteiger partial charge in [-0.05, 0) is 23.2 Å². The molecule has 0 radical (unpaired) electrons. The Bertz CT molecular complexity index is 661. The van der Waals surface area contributed by atoms with Gasteiger partial charge in [0.05, 0.1) is 12.2 Å². The fraction of sp³-hybridized carbons (Fsp3) is 0.231. The van der Waals surface area contributed by atoms with E-state index in [1.807, 2.05) is 29.6 Å². The predicted octanol–water partition coefficient (Wildman–Crippen LogP) is 3.49. The highest BCUT2D eigenvalue weighted by Gasteiger charge is 2.04. The zero-order chi connectivity index (χ0) is 15.1. The van der Waals surface area contributed by atoms with E-state index < -0.39 is 0 Å². The Morgan fingerprint density at radius 2 is 2.24 bits per heavy atom. The Morgan fingerprint density at radius 1 is 1.48 bits per heavy atom. The lowest BCUT2D eigenvalue weighted by Gasteiger charge is -2.04. The summed E-state index contributed by atoms with van der Waals surface area (Å²) < 4.78 is 5.60. The maximum absolute atomic E-state index is 10.9. The van der Waals surface area contributed by atoms with E-state index in [0.717, 1.165) is 11.3 Å². The van der Waals surface area contributed by atoms with Crippen molar-refractivity contribution in [2.24, 2.45) is 5.11 Å². The average Bonchev–Trinajstić information content (AvgIpc) is 2.91. The molecule has 0 bridgehead atoms. The zero-order valence-electron chi connectivity index (χ0n) is 11.3. The molecule has 0 spiro atoms. The number of hydrogen-bond donors (Lipinski definition) is 1. The maximum atomic E-state index is 10.9. The van der Waals surface area contributed by atoms with Gasteiger partial charge in [-0.15, -0.1) is 11.3 Å². The molecule has 0 aliphatic rings. The van der Waals surface area contributed by atoms with Crippen LogP contribution in [0.5, 0.6) is 5.75 Å². The monoisotopic (exact) mass is 303 g/mol. The van der Waals surface area contributed by atoms with Gasteiger partial charge in [0.25, 0.3) is 0 Å². The molecule has 1 aromatic heterocycles. The van der Waals surface area contributed by atoms with Crippen molar-refractivity contribution in [2.75, 3.05) is 5.32 Å². The summed E-state index contributed by atoms with van der Waals surface area (Å²) in [6.07, 6.45) is 0. The van der Waals surface area contributed by atoms with Crippen LogP contribution in [0.1, 0.15) is 18.2 Å². The Morgan fingerprint density at radius 3 is 2.90 bits per heavy atom. The largest absolute Gasteiger partial charge is 0.487 e. The van der Waals surface area contributed by atoms with Gasteiger partial charge in [-0.1, -0.05) is 17.2 Å². The highest BCUT2D eigenvalue weighted by Crippen LogP contribution is 2.18. The number of benzene rings is 1. The van der Waals surface area contributed by atoms with Crippen LogP contribution in [-0.2, 0) is 17.9 Å². The van der Waals surface area contributed by atoms with E-state index in [9.17, 15) is 4.79 Å². The normalized spacial score (nSPS) is 9.76. The fourth-order valence-corrected chi connectivity index (χ4v) is 2.28. The first-order valence-electron chi connectivity index (χ1n) is 6.12. The van der Waals surface area contributed by atoms with Gasteiger partial charge in [-0.2, -0.15) is 0 Å². The van der Waals surface area contributed by atoms with Gasteiger partial charge in [-0.25, -0.2) is 4.98 Å². The van der Waals surface area contributed by atoms with Crippen LogP contribution in [0.25, 0.3) is 10.4 Å². The van der Waals surface area contributed by atoms with Gasteiger partial charge in [0.1, 0.15) is 12.4 Å². The standard InChI is InChI=1S/C13H13N5O2S/c1-9(19)16-13-17-11(8-21-13)7-20-12-4-2-10(3-5-12)6-15-18-14/h2-5,8H,6-7H2,1H3,(H,16,17,19). The molecule has 0 aliphatic carbocycles. The summed E-state index contributed by atoms with van der Waals surface area (Å²) in [6, 6.07) is 7.30. The van der Waals surface area contributed by atoms with E-state index in [4.69, 9.17) is 10.3 Å². The number of azide groups is 1. The lowest BCUT2D eigenvalue weighted by Crippen LogP contribution is -2.05.